The molecular weight excluding hydrogens is 687 g/mol. The van der Waals surface area contributed by atoms with E-state index >= 15 is 0 Å². The van der Waals surface area contributed by atoms with E-state index in [-0.39, 0.29) is 0 Å². The van der Waals surface area contributed by atoms with Gasteiger partial charge in [-0.2, -0.15) is 0 Å². The van der Waals surface area contributed by atoms with E-state index in [0.717, 1.165) is 55.5 Å². The molecule has 0 unspecified atom stereocenters. The predicted molar refractivity (Wildman–Crippen MR) is 235 cm³/mol. The molecule has 11 aromatic rings. The summed E-state index contributed by atoms with van der Waals surface area (Å²) in [6.45, 7) is 0. The molecule has 0 radical (unpaired) electrons. The van der Waals surface area contributed by atoms with Crippen LogP contribution in [0.1, 0.15) is 0 Å². The van der Waals surface area contributed by atoms with Gasteiger partial charge in [-0.3, -0.25) is 0 Å². The molecular formula is C52H33NOS. The first-order valence-corrected chi connectivity index (χ1v) is 19.5. The highest BCUT2D eigenvalue weighted by atomic mass is 32.1. The van der Waals surface area contributed by atoms with Crippen molar-refractivity contribution in [1.82, 2.24) is 0 Å². The number of anilines is 3. The van der Waals surface area contributed by atoms with Crippen molar-refractivity contribution < 1.29 is 4.42 Å². The number of furan rings is 1. The second-order valence-corrected chi connectivity index (χ2v) is 15.1. The zero-order chi connectivity index (χ0) is 36.3. The zero-order valence-corrected chi connectivity index (χ0v) is 30.6. The standard InChI is InChI=1S/C52H33NOS/c1-3-13-35(14-4-1)39-31-32-47(42-18-8-7-17-41(39)42)53(38-26-23-34(24-27-38)37-25-28-45-44-20-10-12-22-49(44)55-50(45)33-37)51-40(36-15-5-2-6-16-36)29-30-46-43-19-9-11-21-48(43)54-52(46)51/h1-33H. The van der Waals surface area contributed by atoms with Crippen molar-refractivity contribution in [2.45, 2.75) is 0 Å². The number of hydrogen-bond donors (Lipinski definition) is 0. The lowest BCUT2D eigenvalue weighted by Crippen LogP contribution is -2.12. The number of benzene rings is 9. The third-order valence-electron chi connectivity index (χ3n) is 10.9. The largest absolute Gasteiger partial charge is 0.454 e. The van der Waals surface area contributed by atoms with Crippen LogP contribution in [0.15, 0.2) is 205 Å². The highest BCUT2D eigenvalue weighted by Crippen LogP contribution is 2.50. The lowest BCUT2D eigenvalue weighted by Gasteiger charge is -2.29. The fraction of sp³-hybridized carbons (Fsp3) is 0. The topological polar surface area (TPSA) is 16.4 Å². The molecule has 0 aliphatic carbocycles. The first kappa shape index (κ1) is 31.6. The normalized spacial score (nSPS) is 11.6. The Morgan fingerprint density at radius 2 is 0.945 bits per heavy atom. The number of hydrogen-bond acceptors (Lipinski definition) is 3. The molecule has 55 heavy (non-hydrogen) atoms. The smallest absolute Gasteiger partial charge is 0.160 e. The van der Waals surface area contributed by atoms with Gasteiger partial charge in [0.05, 0.1) is 11.4 Å². The molecule has 0 saturated carbocycles. The van der Waals surface area contributed by atoms with Gasteiger partial charge in [0.2, 0.25) is 0 Å². The molecule has 2 heterocycles. The summed E-state index contributed by atoms with van der Waals surface area (Å²) in [6.07, 6.45) is 0. The van der Waals surface area contributed by atoms with Crippen LogP contribution in [0.25, 0.3) is 86.3 Å². The van der Waals surface area contributed by atoms with Crippen LogP contribution in [-0.4, -0.2) is 0 Å². The third kappa shape index (κ3) is 5.24. The van der Waals surface area contributed by atoms with Crippen LogP contribution in [0.5, 0.6) is 0 Å². The maximum atomic E-state index is 6.89. The van der Waals surface area contributed by atoms with Crippen molar-refractivity contribution in [3.8, 4) is 33.4 Å². The van der Waals surface area contributed by atoms with E-state index in [9.17, 15) is 0 Å². The first-order chi connectivity index (χ1) is 27.3. The zero-order valence-electron chi connectivity index (χ0n) is 29.8. The molecule has 0 aliphatic heterocycles. The minimum Gasteiger partial charge on any atom is -0.454 e. The molecule has 2 aromatic heterocycles. The summed E-state index contributed by atoms with van der Waals surface area (Å²) >= 11 is 1.86. The van der Waals surface area contributed by atoms with Gasteiger partial charge < -0.3 is 9.32 Å². The summed E-state index contributed by atoms with van der Waals surface area (Å²) in [5.74, 6) is 0. The summed E-state index contributed by atoms with van der Waals surface area (Å²) in [7, 11) is 0. The third-order valence-corrected chi connectivity index (χ3v) is 12.0. The SMILES string of the molecule is c1ccc(-c2ccc3c(oc4ccccc43)c2N(c2ccc(-c3ccc4c(c3)sc3ccccc34)cc2)c2ccc(-c3ccccc3)c3ccccc23)cc1. The van der Waals surface area contributed by atoms with Gasteiger partial charge in [0.1, 0.15) is 5.58 Å². The van der Waals surface area contributed by atoms with Gasteiger partial charge in [-0.15, -0.1) is 11.3 Å². The fourth-order valence-corrected chi connectivity index (χ4v) is 9.44. The molecule has 0 bridgehead atoms. The molecule has 0 N–H and O–H groups in total. The average molecular weight is 720 g/mol. The maximum Gasteiger partial charge on any atom is 0.160 e. The molecule has 9 aromatic carbocycles. The Morgan fingerprint density at radius 1 is 0.364 bits per heavy atom. The van der Waals surface area contributed by atoms with Crippen molar-refractivity contribution in [3.63, 3.8) is 0 Å². The fourth-order valence-electron chi connectivity index (χ4n) is 8.29. The van der Waals surface area contributed by atoms with E-state index in [0.29, 0.717) is 0 Å². The molecule has 0 amide bonds. The van der Waals surface area contributed by atoms with Crippen molar-refractivity contribution in [3.05, 3.63) is 200 Å². The van der Waals surface area contributed by atoms with Crippen LogP contribution in [0.2, 0.25) is 0 Å². The second kappa shape index (κ2) is 12.9. The molecule has 2 nitrogen and oxygen atoms in total. The number of rotatable bonds is 6. The van der Waals surface area contributed by atoms with Gasteiger partial charge in [-0.05, 0) is 75.7 Å². The predicted octanol–water partition coefficient (Wildman–Crippen LogP) is 15.6. The number of fused-ring (bicyclic) bond motifs is 7. The second-order valence-electron chi connectivity index (χ2n) is 14.0. The summed E-state index contributed by atoms with van der Waals surface area (Å²) in [5.41, 5.74) is 11.9. The molecule has 3 heteroatoms. The van der Waals surface area contributed by atoms with Crippen molar-refractivity contribution in [2.24, 2.45) is 0 Å². The van der Waals surface area contributed by atoms with Crippen LogP contribution in [-0.2, 0) is 0 Å². The Hall–Kier alpha value is -6.94. The van der Waals surface area contributed by atoms with E-state index < -0.39 is 0 Å². The monoisotopic (exact) mass is 719 g/mol. The Labute approximate surface area is 322 Å². The van der Waals surface area contributed by atoms with Gasteiger partial charge in [-0.25, -0.2) is 0 Å². The minimum atomic E-state index is 0.859. The molecule has 11 rings (SSSR count). The molecule has 0 spiro atoms. The first-order valence-electron chi connectivity index (χ1n) is 18.7. The van der Waals surface area contributed by atoms with E-state index in [1.165, 1.54) is 47.8 Å². The Bertz CT molecular complexity index is 3190. The summed E-state index contributed by atoms with van der Waals surface area (Å²) in [4.78, 5) is 2.42. The Balaban J connectivity index is 1.17. The van der Waals surface area contributed by atoms with Crippen molar-refractivity contribution in [1.29, 1.82) is 0 Å². The molecule has 0 aliphatic rings. The van der Waals surface area contributed by atoms with Crippen LogP contribution in [0.4, 0.5) is 17.1 Å². The highest BCUT2D eigenvalue weighted by Gasteiger charge is 2.25. The van der Waals surface area contributed by atoms with Crippen molar-refractivity contribution >= 4 is 81.3 Å². The lowest BCUT2D eigenvalue weighted by atomic mass is 9.95. The van der Waals surface area contributed by atoms with Crippen LogP contribution in [0, 0.1) is 0 Å². The minimum absolute atomic E-state index is 0.859. The van der Waals surface area contributed by atoms with Crippen LogP contribution in [0.3, 0.4) is 0 Å². The van der Waals surface area contributed by atoms with Crippen LogP contribution >= 0.6 is 11.3 Å². The maximum absolute atomic E-state index is 6.89. The van der Waals surface area contributed by atoms with E-state index in [2.05, 4.69) is 199 Å². The van der Waals surface area contributed by atoms with E-state index in [1.54, 1.807) is 0 Å². The average Bonchev–Trinajstić information content (AvgIpc) is 3.83. The number of para-hydroxylation sites is 1. The Kier molecular flexibility index (Phi) is 7.39. The van der Waals surface area contributed by atoms with Gasteiger partial charge >= 0.3 is 0 Å². The summed E-state index contributed by atoms with van der Waals surface area (Å²) in [5, 5.41) is 7.19. The van der Waals surface area contributed by atoms with E-state index in [1.807, 2.05) is 17.4 Å². The molecule has 0 atom stereocenters. The van der Waals surface area contributed by atoms with Gasteiger partial charge in [0, 0.05) is 47.6 Å². The Morgan fingerprint density at radius 3 is 1.73 bits per heavy atom. The highest BCUT2D eigenvalue weighted by molar-refractivity contribution is 7.25. The van der Waals surface area contributed by atoms with E-state index in [4.69, 9.17) is 4.42 Å². The molecule has 0 saturated heterocycles. The van der Waals surface area contributed by atoms with Gasteiger partial charge in [0.25, 0.3) is 0 Å². The quantitative estimate of drug-likeness (QED) is 0.170. The van der Waals surface area contributed by atoms with Crippen molar-refractivity contribution in [2.75, 3.05) is 4.90 Å². The van der Waals surface area contributed by atoms with Gasteiger partial charge in [-0.1, -0.05) is 158 Å². The van der Waals surface area contributed by atoms with Crippen LogP contribution < -0.4 is 4.90 Å². The number of nitrogens with zero attached hydrogens (tertiary/aromatic N) is 1. The summed E-state index contributed by atoms with van der Waals surface area (Å²) in [6, 6.07) is 72.1. The molecule has 258 valence electrons. The summed E-state index contributed by atoms with van der Waals surface area (Å²) < 4.78 is 9.52. The molecule has 0 fully saturated rings. The lowest BCUT2D eigenvalue weighted by molar-refractivity contribution is 0.669. The number of thiophene rings is 1. The van der Waals surface area contributed by atoms with Gasteiger partial charge in [0.15, 0.2) is 5.58 Å².